The fourth-order valence-corrected chi connectivity index (χ4v) is 2.87. The zero-order chi connectivity index (χ0) is 21.4. The Morgan fingerprint density at radius 3 is 2.39 bits per heavy atom. The van der Waals surface area contributed by atoms with Gasteiger partial charge in [-0.1, -0.05) is 30.3 Å². The van der Waals surface area contributed by atoms with Gasteiger partial charge in [-0.15, -0.1) is 24.0 Å². The first-order valence-electron chi connectivity index (χ1n) is 9.48. The highest BCUT2D eigenvalue weighted by atomic mass is 127. The number of aliphatic imine (C=N–C) groups is 1. The van der Waals surface area contributed by atoms with E-state index >= 15 is 0 Å². The minimum atomic E-state index is -4.31. The third kappa shape index (κ3) is 8.44. The molecule has 2 aromatic carbocycles. The van der Waals surface area contributed by atoms with E-state index in [4.69, 9.17) is 9.47 Å². The van der Waals surface area contributed by atoms with Gasteiger partial charge in [0, 0.05) is 20.1 Å². The molecule has 2 aromatic rings. The summed E-state index contributed by atoms with van der Waals surface area (Å²) in [6, 6.07) is 13.1. The van der Waals surface area contributed by atoms with Crippen LogP contribution in [-0.2, 0) is 24.3 Å². The molecule has 6 nitrogen and oxygen atoms in total. The van der Waals surface area contributed by atoms with Crippen LogP contribution in [0.15, 0.2) is 47.5 Å². The molecule has 3 rings (SSSR count). The Hall–Kier alpha value is -2.21. The topological polar surface area (TPSA) is 64.1 Å². The fourth-order valence-electron chi connectivity index (χ4n) is 2.87. The second kappa shape index (κ2) is 12.0. The number of hydrogen-bond donors (Lipinski definition) is 2. The number of ether oxygens (including phenoxy) is 3. The summed E-state index contributed by atoms with van der Waals surface area (Å²) in [5, 5.41) is 6.46. The minimum Gasteiger partial charge on any atom is -0.454 e. The molecule has 1 heterocycles. The lowest BCUT2D eigenvalue weighted by molar-refractivity contribution is -0.176. The number of hydrogen-bond acceptors (Lipinski definition) is 4. The van der Waals surface area contributed by atoms with Crippen molar-refractivity contribution in [2.75, 3.05) is 27.0 Å². The van der Waals surface area contributed by atoms with Crippen molar-refractivity contribution < 1.29 is 27.4 Å². The predicted molar refractivity (Wildman–Crippen MR) is 122 cm³/mol. The van der Waals surface area contributed by atoms with Gasteiger partial charge in [-0.2, -0.15) is 13.2 Å². The molecule has 0 amide bonds. The Kier molecular flexibility index (Phi) is 9.69. The smallest absolute Gasteiger partial charge is 0.411 e. The van der Waals surface area contributed by atoms with Crippen molar-refractivity contribution in [2.24, 2.45) is 4.99 Å². The van der Waals surface area contributed by atoms with Gasteiger partial charge < -0.3 is 24.8 Å². The third-order valence-electron chi connectivity index (χ3n) is 4.38. The molecule has 170 valence electrons. The van der Waals surface area contributed by atoms with E-state index in [1.807, 2.05) is 30.3 Å². The Morgan fingerprint density at radius 2 is 1.68 bits per heavy atom. The number of alkyl halides is 3. The minimum absolute atomic E-state index is 0. The van der Waals surface area contributed by atoms with Crippen LogP contribution in [0.1, 0.15) is 16.7 Å². The number of benzene rings is 2. The monoisotopic (exact) mass is 551 g/mol. The zero-order valence-electron chi connectivity index (χ0n) is 17.0. The molecule has 1 aliphatic rings. The van der Waals surface area contributed by atoms with Gasteiger partial charge in [0.25, 0.3) is 0 Å². The van der Waals surface area contributed by atoms with Gasteiger partial charge in [0.05, 0.1) is 6.61 Å². The molecule has 0 aromatic heterocycles. The standard InChI is InChI=1S/C21H24F3N3O3.HI/c1-25-20(26-9-8-15-6-7-18-19(10-15)30-14-29-18)27-11-16-2-4-17(5-3-16)12-28-13-21(22,23)24;/h2-7,10H,8-9,11-14H2,1H3,(H2,25,26,27);1H. The van der Waals surface area contributed by atoms with Crippen LogP contribution >= 0.6 is 24.0 Å². The van der Waals surface area contributed by atoms with E-state index in [2.05, 4.69) is 20.4 Å². The van der Waals surface area contributed by atoms with Crippen molar-refractivity contribution in [2.45, 2.75) is 25.7 Å². The lowest BCUT2D eigenvalue weighted by Crippen LogP contribution is -2.37. The van der Waals surface area contributed by atoms with Crippen molar-refractivity contribution in [1.82, 2.24) is 10.6 Å². The third-order valence-corrected chi connectivity index (χ3v) is 4.38. The average molecular weight is 551 g/mol. The van der Waals surface area contributed by atoms with E-state index in [1.165, 1.54) is 0 Å². The summed E-state index contributed by atoms with van der Waals surface area (Å²) in [5.74, 6) is 2.19. The van der Waals surface area contributed by atoms with Gasteiger partial charge in [-0.25, -0.2) is 0 Å². The van der Waals surface area contributed by atoms with Gasteiger partial charge in [-0.05, 0) is 35.2 Å². The first kappa shape index (κ1) is 25.1. The molecule has 31 heavy (non-hydrogen) atoms. The number of nitrogens with one attached hydrogen (secondary N) is 2. The molecule has 2 N–H and O–H groups in total. The lowest BCUT2D eigenvalue weighted by atomic mass is 10.1. The van der Waals surface area contributed by atoms with Crippen molar-refractivity contribution in [3.05, 3.63) is 59.2 Å². The molecule has 0 spiro atoms. The molecule has 0 atom stereocenters. The Morgan fingerprint density at radius 1 is 1.00 bits per heavy atom. The van der Waals surface area contributed by atoms with E-state index in [-0.39, 0.29) is 37.4 Å². The molecule has 0 saturated heterocycles. The van der Waals surface area contributed by atoms with Crippen LogP contribution in [0.25, 0.3) is 0 Å². The predicted octanol–water partition coefficient (Wildman–Crippen LogP) is 4.02. The van der Waals surface area contributed by atoms with Crippen LogP contribution in [0.5, 0.6) is 11.5 Å². The number of fused-ring (bicyclic) bond motifs is 1. The van der Waals surface area contributed by atoms with Crippen LogP contribution in [-0.4, -0.2) is 39.1 Å². The summed E-state index contributed by atoms with van der Waals surface area (Å²) in [6.45, 7) is 0.165. The normalized spacial score (nSPS) is 13.0. The van der Waals surface area contributed by atoms with Gasteiger partial charge in [0.1, 0.15) is 6.61 Å². The van der Waals surface area contributed by atoms with Gasteiger partial charge in [0.15, 0.2) is 17.5 Å². The molecule has 0 saturated carbocycles. The van der Waals surface area contributed by atoms with Crippen LogP contribution in [0.4, 0.5) is 13.2 Å². The molecule has 0 radical (unpaired) electrons. The Bertz CT molecular complexity index is 861. The summed E-state index contributed by atoms with van der Waals surface area (Å²) >= 11 is 0. The van der Waals surface area contributed by atoms with Gasteiger partial charge in [-0.3, -0.25) is 4.99 Å². The molecule has 0 fully saturated rings. The molecule has 0 aliphatic carbocycles. The summed E-state index contributed by atoms with van der Waals surface area (Å²) in [6.07, 6.45) is -3.51. The van der Waals surface area contributed by atoms with Gasteiger partial charge in [0.2, 0.25) is 6.79 Å². The first-order valence-corrected chi connectivity index (χ1v) is 9.48. The van der Waals surface area contributed by atoms with Crippen LogP contribution < -0.4 is 20.1 Å². The van der Waals surface area contributed by atoms with Gasteiger partial charge >= 0.3 is 6.18 Å². The van der Waals surface area contributed by atoms with Crippen molar-refractivity contribution in [3.63, 3.8) is 0 Å². The van der Waals surface area contributed by atoms with Crippen molar-refractivity contribution >= 4 is 29.9 Å². The van der Waals surface area contributed by atoms with E-state index in [9.17, 15) is 13.2 Å². The highest BCUT2D eigenvalue weighted by Crippen LogP contribution is 2.32. The summed E-state index contributed by atoms with van der Waals surface area (Å²) in [4.78, 5) is 4.20. The molecule has 10 heteroatoms. The van der Waals surface area contributed by atoms with Crippen LogP contribution in [0.3, 0.4) is 0 Å². The van der Waals surface area contributed by atoms with Crippen LogP contribution in [0, 0.1) is 0 Å². The number of rotatable bonds is 8. The molecular weight excluding hydrogens is 526 g/mol. The molecule has 1 aliphatic heterocycles. The van der Waals surface area contributed by atoms with E-state index < -0.39 is 12.8 Å². The lowest BCUT2D eigenvalue weighted by Gasteiger charge is -2.13. The second-order valence-electron chi connectivity index (χ2n) is 6.71. The molecule has 0 unspecified atom stereocenters. The highest BCUT2D eigenvalue weighted by molar-refractivity contribution is 14.0. The molecule has 0 bridgehead atoms. The molecular formula is C21H25F3IN3O3. The van der Waals surface area contributed by atoms with Crippen molar-refractivity contribution in [3.8, 4) is 11.5 Å². The highest BCUT2D eigenvalue weighted by Gasteiger charge is 2.27. The first-order chi connectivity index (χ1) is 14.4. The van der Waals surface area contributed by atoms with Crippen molar-refractivity contribution in [1.29, 1.82) is 0 Å². The summed E-state index contributed by atoms with van der Waals surface area (Å²) in [5.41, 5.74) is 2.80. The fraction of sp³-hybridized carbons (Fsp3) is 0.381. The average Bonchev–Trinajstić information content (AvgIpc) is 3.18. The Labute approximate surface area is 196 Å². The summed E-state index contributed by atoms with van der Waals surface area (Å²) in [7, 11) is 1.69. The SMILES string of the molecule is CN=C(NCCc1ccc2c(c1)OCO2)NCc1ccc(COCC(F)(F)F)cc1.I. The Balaban J connectivity index is 0.00000341. The van der Waals surface area contributed by atoms with E-state index in [0.717, 1.165) is 29.0 Å². The number of halogens is 4. The summed E-state index contributed by atoms with van der Waals surface area (Å²) < 4.78 is 51.7. The quantitative estimate of drug-likeness (QED) is 0.295. The second-order valence-corrected chi connectivity index (χ2v) is 6.71. The zero-order valence-corrected chi connectivity index (χ0v) is 19.3. The maximum Gasteiger partial charge on any atom is 0.411 e. The largest absolute Gasteiger partial charge is 0.454 e. The maximum absolute atomic E-state index is 12.1. The number of guanidine groups is 1. The maximum atomic E-state index is 12.1. The van der Waals surface area contributed by atoms with E-state index in [0.29, 0.717) is 24.6 Å². The van der Waals surface area contributed by atoms with E-state index in [1.54, 1.807) is 19.2 Å². The number of nitrogens with zero attached hydrogens (tertiary/aromatic N) is 1. The van der Waals surface area contributed by atoms with Crippen LogP contribution in [0.2, 0.25) is 0 Å².